The van der Waals surface area contributed by atoms with Crippen molar-refractivity contribution in [2.45, 2.75) is 18.9 Å². The van der Waals surface area contributed by atoms with E-state index in [4.69, 9.17) is 0 Å². The fourth-order valence-electron chi connectivity index (χ4n) is 3.32. The molecule has 1 aromatic heterocycles. The Balaban J connectivity index is 1.50. The molecule has 1 atom stereocenters. The lowest BCUT2D eigenvalue weighted by Crippen LogP contribution is -2.28. The summed E-state index contributed by atoms with van der Waals surface area (Å²) >= 11 is 0. The number of benzene rings is 2. The molecule has 1 amide bonds. The van der Waals surface area contributed by atoms with Crippen LogP contribution in [0.4, 0.5) is 11.4 Å². The largest absolute Gasteiger partial charge is 0.324 e. The quantitative estimate of drug-likeness (QED) is 0.659. The number of sulfonamides is 1. The third-order valence-corrected chi connectivity index (χ3v) is 6.65. The molecule has 29 heavy (non-hydrogen) atoms. The number of hydrogen-bond donors (Lipinski definition) is 1. The summed E-state index contributed by atoms with van der Waals surface area (Å²) in [6, 6.07) is 15.8. The Morgan fingerprint density at radius 2 is 1.86 bits per heavy atom. The summed E-state index contributed by atoms with van der Waals surface area (Å²) < 4.78 is 26.9. The van der Waals surface area contributed by atoms with Crippen LogP contribution in [0.3, 0.4) is 0 Å². The molecule has 2 heterocycles. The van der Waals surface area contributed by atoms with Crippen molar-refractivity contribution in [1.29, 1.82) is 0 Å². The van der Waals surface area contributed by atoms with Crippen molar-refractivity contribution in [3.8, 4) is 0 Å². The van der Waals surface area contributed by atoms with Gasteiger partial charge in [-0.2, -0.15) is 0 Å². The third kappa shape index (κ3) is 4.27. The summed E-state index contributed by atoms with van der Waals surface area (Å²) in [5, 5.41) is 14.0. The number of aromatic nitrogens is 4. The number of nitrogens with one attached hydrogen (secondary N) is 1. The molecule has 1 aliphatic rings. The second-order valence-electron chi connectivity index (χ2n) is 6.77. The van der Waals surface area contributed by atoms with E-state index >= 15 is 0 Å². The molecule has 1 fully saturated rings. The zero-order valence-electron chi connectivity index (χ0n) is 15.5. The van der Waals surface area contributed by atoms with E-state index < -0.39 is 16.1 Å². The van der Waals surface area contributed by atoms with Crippen LogP contribution in [0.2, 0.25) is 0 Å². The molecule has 0 spiro atoms. The van der Waals surface area contributed by atoms with Crippen LogP contribution >= 0.6 is 0 Å². The number of carbonyl (C=O) groups excluding carboxylic acids is 1. The van der Waals surface area contributed by atoms with Gasteiger partial charge in [0.1, 0.15) is 12.4 Å². The molecule has 4 rings (SSSR count). The molecule has 3 aromatic rings. The summed E-state index contributed by atoms with van der Waals surface area (Å²) in [6.45, 7) is 0.479. The monoisotopic (exact) mass is 412 g/mol. The Bertz CT molecular complexity index is 1070. The maximum Gasteiger partial charge on any atom is 0.249 e. The van der Waals surface area contributed by atoms with Crippen LogP contribution in [0.1, 0.15) is 18.0 Å². The lowest BCUT2D eigenvalue weighted by Gasteiger charge is -2.18. The minimum absolute atomic E-state index is 0.165. The Labute approximate surface area is 168 Å². The zero-order valence-corrected chi connectivity index (χ0v) is 16.4. The van der Waals surface area contributed by atoms with Gasteiger partial charge in [-0.05, 0) is 46.7 Å². The van der Waals surface area contributed by atoms with Crippen LogP contribution in [0.15, 0.2) is 60.9 Å². The first-order valence-corrected chi connectivity index (χ1v) is 10.8. The number of amides is 1. The molecule has 0 bridgehead atoms. The highest BCUT2D eigenvalue weighted by atomic mass is 32.2. The molecule has 10 heteroatoms. The minimum Gasteiger partial charge on any atom is -0.324 e. The molecular formula is C19H20N6O3S. The van der Waals surface area contributed by atoms with E-state index in [-0.39, 0.29) is 11.7 Å². The van der Waals surface area contributed by atoms with Crippen molar-refractivity contribution >= 4 is 27.3 Å². The van der Waals surface area contributed by atoms with Gasteiger partial charge in [-0.1, -0.05) is 30.3 Å². The number of hydrogen-bond acceptors (Lipinski definition) is 6. The van der Waals surface area contributed by atoms with Gasteiger partial charge in [-0.25, -0.2) is 13.1 Å². The molecule has 0 saturated carbocycles. The molecule has 1 N–H and O–H groups in total. The van der Waals surface area contributed by atoms with Crippen LogP contribution in [0.5, 0.6) is 0 Å². The van der Waals surface area contributed by atoms with Crippen LogP contribution in [0, 0.1) is 0 Å². The maximum atomic E-state index is 12.9. The number of carbonyl (C=O) groups is 1. The first kappa shape index (κ1) is 19.1. The second-order valence-corrected chi connectivity index (χ2v) is 8.79. The molecule has 9 nitrogen and oxygen atoms in total. The van der Waals surface area contributed by atoms with Crippen molar-refractivity contribution < 1.29 is 13.2 Å². The van der Waals surface area contributed by atoms with Gasteiger partial charge in [0.25, 0.3) is 0 Å². The molecule has 0 aliphatic carbocycles. The normalized spacial score (nSPS) is 16.5. The van der Waals surface area contributed by atoms with Crippen LogP contribution < -0.4 is 9.62 Å². The predicted molar refractivity (Wildman–Crippen MR) is 108 cm³/mol. The molecule has 2 aromatic carbocycles. The Kier molecular flexibility index (Phi) is 5.26. The molecule has 1 aliphatic heterocycles. The van der Waals surface area contributed by atoms with Gasteiger partial charge in [0.05, 0.1) is 11.4 Å². The zero-order chi connectivity index (χ0) is 20.3. The number of nitrogens with zero attached hydrogens (tertiary/aromatic N) is 5. The average Bonchev–Trinajstić information content (AvgIpc) is 3.37. The summed E-state index contributed by atoms with van der Waals surface area (Å²) in [5.74, 6) is -0.0961. The highest BCUT2D eigenvalue weighted by Gasteiger charge is 2.28. The first-order valence-electron chi connectivity index (χ1n) is 9.21. The van der Waals surface area contributed by atoms with E-state index in [1.54, 1.807) is 24.3 Å². The maximum absolute atomic E-state index is 12.9. The topological polar surface area (TPSA) is 110 Å². The standard InChI is InChI=1S/C19H20N6O3S/c26-19(18(24-14-20-22-23-24)13-15-5-2-1-3-6-15)21-16-7-9-17(10-8-16)25-11-4-12-29(25,27)28/h1-3,5-10,14,18H,4,11-13H2,(H,21,26)/t18-/m1/s1. The van der Waals surface area contributed by atoms with Crippen molar-refractivity contribution in [2.75, 3.05) is 21.9 Å². The van der Waals surface area contributed by atoms with Gasteiger partial charge in [0, 0.05) is 18.7 Å². The van der Waals surface area contributed by atoms with Gasteiger partial charge in [-0.3, -0.25) is 9.10 Å². The average molecular weight is 412 g/mol. The first-order chi connectivity index (χ1) is 14.0. The van der Waals surface area contributed by atoms with E-state index in [0.717, 1.165) is 5.56 Å². The van der Waals surface area contributed by atoms with Crippen LogP contribution in [-0.4, -0.2) is 46.8 Å². The van der Waals surface area contributed by atoms with Crippen molar-refractivity contribution in [3.05, 3.63) is 66.5 Å². The molecule has 150 valence electrons. The van der Waals surface area contributed by atoms with E-state index in [9.17, 15) is 13.2 Å². The number of rotatable bonds is 6. The van der Waals surface area contributed by atoms with E-state index in [1.165, 1.54) is 15.3 Å². The highest BCUT2D eigenvalue weighted by molar-refractivity contribution is 7.93. The Morgan fingerprint density at radius 1 is 1.10 bits per heavy atom. The smallest absolute Gasteiger partial charge is 0.249 e. The second kappa shape index (κ2) is 8.00. The summed E-state index contributed by atoms with van der Waals surface area (Å²) in [7, 11) is -3.23. The fourth-order valence-corrected chi connectivity index (χ4v) is 4.89. The predicted octanol–water partition coefficient (Wildman–Crippen LogP) is 1.64. The van der Waals surface area contributed by atoms with Crippen LogP contribution in [0.25, 0.3) is 0 Å². The van der Waals surface area contributed by atoms with Gasteiger partial charge < -0.3 is 5.32 Å². The fraction of sp³-hybridized carbons (Fsp3) is 0.263. The van der Waals surface area contributed by atoms with Crippen molar-refractivity contribution in [3.63, 3.8) is 0 Å². The van der Waals surface area contributed by atoms with Gasteiger partial charge in [0.2, 0.25) is 15.9 Å². The lowest BCUT2D eigenvalue weighted by molar-refractivity contribution is -0.119. The van der Waals surface area contributed by atoms with E-state index in [0.29, 0.717) is 30.8 Å². The molecule has 0 radical (unpaired) electrons. The van der Waals surface area contributed by atoms with Gasteiger partial charge in [-0.15, -0.1) is 5.10 Å². The molecule has 1 saturated heterocycles. The molecule has 0 unspecified atom stereocenters. The number of anilines is 2. The molecular weight excluding hydrogens is 392 g/mol. The Hall–Kier alpha value is -3.27. The number of tetrazole rings is 1. The summed E-state index contributed by atoms with van der Waals surface area (Å²) in [6.07, 6.45) is 2.46. The summed E-state index contributed by atoms with van der Waals surface area (Å²) in [5.41, 5.74) is 2.15. The van der Waals surface area contributed by atoms with Gasteiger partial charge >= 0.3 is 0 Å². The van der Waals surface area contributed by atoms with Crippen LogP contribution in [-0.2, 0) is 21.2 Å². The SMILES string of the molecule is O=C(Nc1ccc(N2CCCS2(=O)=O)cc1)[C@@H](Cc1ccccc1)n1cnnn1. The summed E-state index contributed by atoms with van der Waals surface area (Å²) in [4.78, 5) is 12.9. The third-order valence-electron chi connectivity index (χ3n) is 4.78. The highest BCUT2D eigenvalue weighted by Crippen LogP contribution is 2.26. The lowest BCUT2D eigenvalue weighted by atomic mass is 10.1. The van der Waals surface area contributed by atoms with Crippen molar-refractivity contribution in [2.24, 2.45) is 0 Å². The van der Waals surface area contributed by atoms with Gasteiger partial charge in [0.15, 0.2) is 0 Å². The van der Waals surface area contributed by atoms with Crippen molar-refractivity contribution in [1.82, 2.24) is 20.2 Å². The Morgan fingerprint density at radius 3 is 2.48 bits per heavy atom. The van der Waals surface area contributed by atoms with E-state index in [1.807, 2.05) is 30.3 Å². The van der Waals surface area contributed by atoms with E-state index in [2.05, 4.69) is 20.8 Å². The minimum atomic E-state index is -3.23.